The van der Waals surface area contributed by atoms with Gasteiger partial charge >= 0.3 is 0 Å². The van der Waals surface area contributed by atoms with Crippen LogP contribution in [0.4, 0.5) is 5.69 Å². The first kappa shape index (κ1) is 20.2. The van der Waals surface area contributed by atoms with Crippen molar-refractivity contribution < 1.29 is 13.2 Å². The number of para-hydroxylation sites is 1. The number of carbonyl (C=O) groups is 1. The van der Waals surface area contributed by atoms with E-state index in [1.54, 1.807) is 24.3 Å². The molecule has 3 N–H and O–H groups in total. The molecule has 0 atom stereocenters. The second-order valence-electron chi connectivity index (χ2n) is 5.62. The SMILES string of the molecule is CCCNCCNC(=O)c1ccc(S(=O)(=O)Nc2ccccc2Cl)cc1. The topological polar surface area (TPSA) is 87.3 Å². The zero-order valence-electron chi connectivity index (χ0n) is 14.5. The van der Waals surface area contributed by atoms with Gasteiger partial charge in [-0.3, -0.25) is 9.52 Å². The van der Waals surface area contributed by atoms with Gasteiger partial charge in [0.15, 0.2) is 0 Å². The Morgan fingerprint density at radius 1 is 1.00 bits per heavy atom. The van der Waals surface area contributed by atoms with Crippen molar-refractivity contribution in [3.8, 4) is 0 Å². The number of carbonyl (C=O) groups excluding carboxylic acids is 1. The molecular weight excluding hydrogens is 374 g/mol. The highest BCUT2D eigenvalue weighted by Gasteiger charge is 2.16. The zero-order chi connectivity index (χ0) is 19.0. The summed E-state index contributed by atoms with van der Waals surface area (Å²) in [6.45, 7) is 4.17. The predicted molar refractivity (Wildman–Crippen MR) is 104 cm³/mol. The summed E-state index contributed by atoms with van der Waals surface area (Å²) in [7, 11) is -3.78. The summed E-state index contributed by atoms with van der Waals surface area (Å²) in [5, 5.41) is 6.27. The number of sulfonamides is 1. The minimum absolute atomic E-state index is 0.0542. The normalized spacial score (nSPS) is 11.2. The minimum atomic E-state index is -3.78. The van der Waals surface area contributed by atoms with Crippen LogP contribution in [-0.4, -0.2) is 34.0 Å². The fourth-order valence-electron chi connectivity index (χ4n) is 2.20. The number of amides is 1. The van der Waals surface area contributed by atoms with Gasteiger partial charge in [0.25, 0.3) is 15.9 Å². The van der Waals surface area contributed by atoms with Crippen molar-refractivity contribution in [1.82, 2.24) is 10.6 Å². The van der Waals surface area contributed by atoms with Crippen molar-refractivity contribution in [2.45, 2.75) is 18.2 Å². The third kappa shape index (κ3) is 5.72. The van der Waals surface area contributed by atoms with Gasteiger partial charge in [0, 0.05) is 18.7 Å². The Morgan fingerprint density at radius 3 is 2.35 bits per heavy atom. The van der Waals surface area contributed by atoms with E-state index in [2.05, 4.69) is 22.3 Å². The maximum Gasteiger partial charge on any atom is 0.261 e. The third-order valence-corrected chi connectivity index (χ3v) is 5.27. The number of nitrogens with one attached hydrogen (secondary N) is 3. The van der Waals surface area contributed by atoms with Gasteiger partial charge in [0.05, 0.1) is 15.6 Å². The average molecular weight is 396 g/mol. The first-order valence-corrected chi connectivity index (χ1v) is 10.2. The molecule has 0 saturated carbocycles. The fourth-order valence-corrected chi connectivity index (χ4v) is 3.52. The number of hydrogen-bond donors (Lipinski definition) is 3. The third-order valence-electron chi connectivity index (χ3n) is 3.56. The van der Waals surface area contributed by atoms with Crippen LogP contribution in [0.2, 0.25) is 5.02 Å². The van der Waals surface area contributed by atoms with E-state index in [0.29, 0.717) is 29.4 Å². The lowest BCUT2D eigenvalue weighted by Gasteiger charge is -2.10. The monoisotopic (exact) mass is 395 g/mol. The molecule has 26 heavy (non-hydrogen) atoms. The van der Waals surface area contributed by atoms with Crippen molar-refractivity contribution in [3.05, 3.63) is 59.1 Å². The number of halogens is 1. The first-order chi connectivity index (χ1) is 12.4. The molecule has 6 nitrogen and oxygen atoms in total. The van der Waals surface area contributed by atoms with Crippen LogP contribution in [-0.2, 0) is 10.0 Å². The van der Waals surface area contributed by atoms with E-state index in [4.69, 9.17) is 11.6 Å². The molecule has 0 saturated heterocycles. The van der Waals surface area contributed by atoms with Crippen LogP contribution in [0.15, 0.2) is 53.4 Å². The van der Waals surface area contributed by atoms with Crippen LogP contribution in [0, 0.1) is 0 Å². The van der Waals surface area contributed by atoms with Gasteiger partial charge in [-0.05, 0) is 49.4 Å². The van der Waals surface area contributed by atoms with Gasteiger partial charge in [0.1, 0.15) is 0 Å². The minimum Gasteiger partial charge on any atom is -0.351 e. The molecule has 0 radical (unpaired) electrons. The molecule has 2 aromatic rings. The number of benzene rings is 2. The Morgan fingerprint density at radius 2 is 1.69 bits per heavy atom. The largest absolute Gasteiger partial charge is 0.351 e. The van der Waals surface area contributed by atoms with Gasteiger partial charge in [-0.1, -0.05) is 30.7 Å². The molecular formula is C18H22ClN3O3S. The molecule has 0 fully saturated rings. The van der Waals surface area contributed by atoms with Crippen molar-refractivity contribution in [2.75, 3.05) is 24.4 Å². The molecule has 140 valence electrons. The summed E-state index contributed by atoms with van der Waals surface area (Å²) in [4.78, 5) is 12.1. The Labute approximate surface area is 159 Å². The standard InChI is InChI=1S/C18H22ClN3O3S/c1-2-11-20-12-13-21-18(23)14-7-9-15(10-8-14)26(24,25)22-17-6-4-3-5-16(17)19/h3-10,20,22H,2,11-13H2,1H3,(H,21,23). The van der Waals surface area contributed by atoms with Crippen LogP contribution in [0.5, 0.6) is 0 Å². The van der Waals surface area contributed by atoms with E-state index in [9.17, 15) is 13.2 Å². The fraction of sp³-hybridized carbons (Fsp3) is 0.278. The van der Waals surface area contributed by atoms with Crippen LogP contribution in [0.3, 0.4) is 0 Å². The first-order valence-electron chi connectivity index (χ1n) is 8.30. The van der Waals surface area contributed by atoms with E-state index >= 15 is 0 Å². The van der Waals surface area contributed by atoms with E-state index < -0.39 is 10.0 Å². The molecule has 0 aliphatic rings. The van der Waals surface area contributed by atoms with Gasteiger partial charge in [-0.2, -0.15) is 0 Å². The lowest BCUT2D eigenvalue weighted by atomic mass is 10.2. The molecule has 1 amide bonds. The van der Waals surface area contributed by atoms with Crippen LogP contribution in [0.1, 0.15) is 23.7 Å². The van der Waals surface area contributed by atoms with Crippen LogP contribution >= 0.6 is 11.6 Å². The quantitative estimate of drug-likeness (QED) is 0.570. The smallest absolute Gasteiger partial charge is 0.261 e. The highest BCUT2D eigenvalue weighted by Crippen LogP contribution is 2.24. The maximum atomic E-state index is 12.4. The van der Waals surface area contributed by atoms with E-state index in [1.165, 1.54) is 24.3 Å². The van der Waals surface area contributed by atoms with E-state index in [-0.39, 0.29) is 10.8 Å². The summed E-state index contributed by atoms with van der Waals surface area (Å²) in [6, 6.07) is 12.3. The molecule has 0 spiro atoms. The van der Waals surface area contributed by atoms with Gasteiger partial charge in [0.2, 0.25) is 0 Å². The highest BCUT2D eigenvalue weighted by molar-refractivity contribution is 7.92. The summed E-state index contributed by atoms with van der Waals surface area (Å²) < 4.78 is 27.3. The molecule has 0 aliphatic heterocycles. The molecule has 0 heterocycles. The van der Waals surface area contributed by atoms with Crippen molar-refractivity contribution in [2.24, 2.45) is 0 Å². The van der Waals surface area contributed by atoms with Crippen molar-refractivity contribution in [3.63, 3.8) is 0 Å². The van der Waals surface area contributed by atoms with E-state index in [0.717, 1.165) is 13.0 Å². The Hall–Kier alpha value is -2.09. The Kier molecular flexibility index (Phi) is 7.44. The van der Waals surface area contributed by atoms with Gasteiger partial charge in [-0.15, -0.1) is 0 Å². The van der Waals surface area contributed by atoms with Crippen LogP contribution in [0.25, 0.3) is 0 Å². The average Bonchev–Trinajstić information content (AvgIpc) is 2.63. The van der Waals surface area contributed by atoms with E-state index in [1.807, 2.05) is 0 Å². The molecule has 2 rings (SSSR count). The van der Waals surface area contributed by atoms with Gasteiger partial charge in [-0.25, -0.2) is 8.42 Å². The summed E-state index contributed by atoms with van der Waals surface area (Å²) in [5.74, 6) is -0.244. The molecule has 8 heteroatoms. The molecule has 0 unspecified atom stereocenters. The number of anilines is 1. The Bertz CT molecular complexity index is 839. The van der Waals surface area contributed by atoms with Gasteiger partial charge < -0.3 is 10.6 Å². The zero-order valence-corrected chi connectivity index (χ0v) is 16.0. The van der Waals surface area contributed by atoms with Crippen LogP contribution < -0.4 is 15.4 Å². The second-order valence-corrected chi connectivity index (χ2v) is 7.71. The lowest BCUT2D eigenvalue weighted by molar-refractivity contribution is 0.0954. The number of rotatable bonds is 9. The molecule has 0 aromatic heterocycles. The van der Waals surface area contributed by atoms with Crippen molar-refractivity contribution >= 4 is 33.2 Å². The second kappa shape index (κ2) is 9.56. The highest BCUT2D eigenvalue weighted by atomic mass is 35.5. The maximum absolute atomic E-state index is 12.4. The number of hydrogen-bond acceptors (Lipinski definition) is 4. The summed E-state index contributed by atoms with van der Waals surface area (Å²) >= 11 is 5.98. The Balaban J connectivity index is 1.99. The summed E-state index contributed by atoms with van der Waals surface area (Å²) in [6.07, 6.45) is 1.03. The molecule has 0 aliphatic carbocycles. The van der Waals surface area contributed by atoms with Crippen molar-refractivity contribution in [1.29, 1.82) is 0 Å². The lowest BCUT2D eigenvalue weighted by Crippen LogP contribution is -2.32. The summed E-state index contributed by atoms with van der Waals surface area (Å²) in [5.41, 5.74) is 0.702. The molecule has 0 bridgehead atoms. The predicted octanol–water partition coefficient (Wildman–Crippen LogP) is 2.87. The molecule has 2 aromatic carbocycles.